The van der Waals surface area contributed by atoms with Crippen LogP contribution in [-0.2, 0) is 9.59 Å². The van der Waals surface area contributed by atoms with Crippen LogP contribution >= 0.6 is 0 Å². The topological polar surface area (TPSA) is 125 Å². The van der Waals surface area contributed by atoms with Gasteiger partial charge in [-0.2, -0.15) is 5.10 Å². The summed E-state index contributed by atoms with van der Waals surface area (Å²) in [6.07, 6.45) is 1.33. The van der Waals surface area contributed by atoms with Crippen molar-refractivity contribution in [2.75, 3.05) is 26.1 Å². The molecule has 10 heteroatoms. The zero-order chi connectivity index (χ0) is 25.9. The molecule has 186 valence electrons. The molecule has 0 unspecified atom stereocenters. The first-order chi connectivity index (χ1) is 17.4. The van der Waals surface area contributed by atoms with E-state index in [2.05, 4.69) is 15.8 Å². The molecule has 0 radical (unpaired) electrons. The number of carbonyl (C=O) groups excluding carboxylic acids is 3. The molecule has 0 saturated carbocycles. The number of rotatable bonds is 9. The molecule has 0 heterocycles. The van der Waals surface area contributed by atoms with Gasteiger partial charge in [0.1, 0.15) is 11.5 Å². The predicted molar refractivity (Wildman–Crippen MR) is 133 cm³/mol. The number of hydrazone groups is 1. The van der Waals surface area contributed by atoms with Crippen LogP contribution in [0.1, 0.15) is 22.8 Å². The number of nitrogens with zero attached hydrogens (tertiary/aromatic N) is 1. The minimum Gasteiger partial charge on any atom is -0.497 e. The summed E-state index contributed by atoms with van der Waals surface area (Å²) in [5.41, 5.74) is 3.39. The summed E-state index contributed by atoms with van der Waals surface area (Å²) in [5, 5.41) is 6.27. The first kappa shape index (κ1) is 25.8. The van der Waals surface area contributed by atoms with Crippen molar-refractivity contribution in [2.24, 2.45) is 5.10 Å². The number of nitrogens with one attached hydrogen (secondary N) is 2. The van der Waals surface area contributed by atoms with Crippen molar-refractivity contribution < 1.29 is 33.3 Å². The Morgan fingerprint density at radius 3 is 2.31 bits per heavy atom. The van der Waals surface area contributed by atoms with E-state index >= 15 is 0 Å². The van der Waals surface area contributed by atoms with Crippen molar-refractivity contribution in [1.82, 2.24) is 5.43 Å². The van der Waals surface area contributed by atoms with Crippen LogP contribution in [0.2, 0.25) is 0 Å². The van der Waals surface area contributed by atoms with Gasteiger partial charge in [-0.3, -0.25) is 9.59 Å². The second-order valence-electron chi connectivity index (χ2n) is 7.11. The lowest BCUT2D eigenvalue weighted by atomic mass is 10.2. The minimum absolute atomic E-state index is 0.218. The van der Waals surface area contributed by atoms with Gasteiger partial charge >= 0.3 is 17.8 Å². The van der Waals surface area contributed by atoms with Crippen molar-refractivity contribution in [3.63, 3.8) is 0 Å². The van der Waals surface area contributed by atoms with Crippen LogP contribution in [0, 0.1) is 0 Å². The molecule has 0 atom stereocenters. The third-order valence-electron chi connectivity index (χ3n) is 4.74. The largest absolute Gasteiger partial charge is 0.497 e. The van der Waals surface area contributed by atoms with Gasteiger partial charge in [-0.1, -0.05) is 12.1 Å². The van der Waals surface area contributed by atoms with E-state index in [-0.39, 0.29) is 5.75 Å². The van der Waals surface area contributed by atoms with E-state index in [0.717, 1.165) is 0 Å². The lowest BCUT2D eigenvalue weighted by Gasteiger charge is -2.11. The maximum atomic E-state index is 12.5. The molecule has 10 nitrogen and oxygen atoms in total. The monoisotopic (exact) mass is 491 g/mol. The molecule has 0 fully saturated rings. The number of para-hydroxylation sites is 2. The number of esters is 1. The van der Waals surface area contributed by atoms with E-state index in [0.29, 0.717) is 40.7 Å². The first-order valence-corrected chi connectivity index (χ1v) is 10.9. The average molecular weight is 492 g/mol. The molecule has 0 aliphatic heterocycles. The Balaban J connectivity index is 1.64. The number of anilines is 1. The van der Waals surface area contributed by atoms with Crippen LogP contribution < -0.4 is 29.7 Å². The summed E-state index contributed by atoms with van der Waals surface area (Å²) in [7, 11) is 2.99. The summed E-state index contributed by atoms with van der Waals surface area (Å²) in [6, 6.07) is 17.9. The fraction of sp³-hybridized carbons (Fsp3) is 0.154. The Labute approximate surface area is 207 Å². The van der Waals surface area contributed by atoms with Gasteiger partial charge < -0.3 is 24.3 Å². The molecule has 0 aliphatic rings. The van der Waals surface area contributed by atoms with Gasteiger partial charge in [0.2, 0.25) is 0 Å². The predicted octanol–water partition coefficient (Wildman–Crippen LogP) is 3.41. The van der Waals surface area contributed by atoms with E-state index in [4.69, 9.17) is 18.9 Å². The Kier molecular flexibility index (Phi) is 8.99. The fourth-order valence-electron chi connectivity index (χ4n) is 2.99. The van der Waals surface area contributed by atoms with E-state index < -0.39 is 17.8 Å². The highest BCUT2D eigenvalue weighted by Crippen LogP contribution is 2.29. The standard InChI is InChI=1S/C26H25N3O7/c1-4-35-23-15-17(9-14-22(23)36-26(32)18-10-12-19(33-2)13-11-18)16-27-29-25(31)24(30)28-20-7-5-6-8-21(20)34-3/h5-16H,4H2,1-3H3,(H,28,30)(H,29,31). The van der Waals surface area contributed by atoms with Gasteiger partial charge in [0, 0.05) is 0 Å². The van der Waals surface area contributed by atoms with E-state index in [1.807, 2.05) is 0 Å². The zero-order valence-electron chi connectivity index (χ0n) is 19.9. The molecule has 3 aromatic rings. The second-order valence-corrected chi connectivity index (χ2v) is 7.11. The smallest absolute Gasteiger partial charge is 0.343 e. The van der Waals surface area contributed by atoms with Gasteiger partial charge in [-0.25, -0.2) is 10.2 Å². The van der Waals surface area contributed by atoms with Crippen molar-refractivity contribution in [3.8, 4) is 23.0 Å². The molecule has 0 aliphatic carbocycles. The maximum absolute atomic E-state index is 12.5. The Morgan fingerprint density at radius 2 is 1.61 bits per heavy atom. The Morgan fingerprint density at radius 1 is 0.861 bits per heavy atom. The van der Waals surface area contributed by atoms with Crippen molar-refractivity contribution >= 4 is 29.7 Å². The van der Waals surface area contributed by atoms with Crippen molar-refractivity contribution in [2.45, 2.75) is 6.92 Å². The summed E-state index contributed by atoms with van der Waals surface area (Å²) in [4.78, 5) is 36.7. The number of hydrogen-bond acceptors (Lipinski definition) is 8. The summed E-state index contributed by atoms with van der Waals surface area (Å²) < 4.78 is 21.3. The number of hydrogen-bond donors (Lipinski definition) is 2. The summed E-state index contributed by atoms with van der Waals surface area (Å²) in [5.74, 6) is -0.875. The zero-order valence-corrected chi connectivity index (χ0v) is 19.9. The molecule has 3 rings (SSSR count). The van der Waals surface area contributed by atoms with Crippen LogP contribution in [0.15, 0.2) is 71.8 Å². The van der Waals surface area contributed by atoms with Crippen molar-refractivity contribution in [3.05, 3.63) is 77.9 Å². The molecule has 0 aromatic heterocycles. The van der Waals surface area contributed by atoms with Gasteiger partial charge in [0.05, 0.1) is 38.3 Å². The molecular formula is C26H25N3O7. The first-order valence-electron chi connectivity index (χ1n) is 10.9. The minimum atomic E-state index is -0.966. The Bertz CT molecular complexity index is 1260. The molecular weight excluding hydrogens is 466 g/mol. The molecule has 0 bridgehead atoms. The Hall–Kier alpha value is -4.86. The summed E-state index contributed by atoms with van der Waals surface area (Å²) in [6.45, 7) is 2.12. The molecule has 2 amide bonds. The highest BCUT2D eigenvalue weighted by molar-refractivity contribution is 6.39. The van der Waals surface area contributed by atoms with Crippen LogP contribution in [0.25, 0.3) is 0 Å². The average Bonchev–Trinajstić information content (AvgIpc) is 2.90. The van der Waals surface area contributed by atoms with Gasteiger partial charge in [0.25, 0.3) is 0 Å². The van der Waals surface area contributed by atoms with Crippen LogP contribution in [-0.4, -0.2) is 44.8 Å². The van der Waals surface area contributed by atoms with Gasteiger partial charge in [-0.05, 0) is 67.1 Å². The van der Waals surface area contributed by atoms with Gasteiger partial charge in [-0.15, -0.1) is 0 Å². The number of ether oxygens (including phenoxy) is 4. The molecule has 0 saturated heterocycles. The third kappa shape index (κ3) is 6.83. The second kappa shape index (κ2) is 12.6. The maximum Gasteiger partial charge on any atom is 0.343 e. The highest BCUT2D eigenvalue weighted by atomic mass is 16.6. The van der Waals surface area contributed by atoms with Gasteiger partial charge in [0.15, 0.2) is 11.5 Å². The van der Waals surface area contributed by atoms with E-state index in [1.54, 1.807) is 73.7 Å². The van der Waals surface area contributed by atoms with Crippen molar-refractivity contribution in [1.29, 1.82) is 0 Å². The number of amides is 2. The highest BCUT2D eigenvalue weighted by Gasteiger charge is 2.16. The van der Waals surface area contributed by atoms with Crippen LogP contribution in [0.3, 0.4) is 0 Å². The quantitative estimate of drug-likeness (QED) is 0.155. The van der Waals surface area contributed by atoms with E-state index in [9.17, 15) is 14.4 Å². The SMILES string of the molecule is CCOc1cc(C=NNC(=O)C(=O)Nc2ccccc2OC)ccc1OC(=O)c1ccc(OC)cc1. The number of carbonyl (C=O) groups is 3. The van der Waals surface area contributed by atoms with E-state index in [1.165, 1.54) is 20.4 Å². The number of benzene rings is 3. The number of methoxy groups -OCH3 is 2. The molecule has 2 N–H and O–H groups in total. The lowest BCUT2D eigenvalue weighted by molar-refractivity contribution is -0.136. The molecule has 0 spiro atoms. The summed E-state index contributed by atoms with van der Waals surface area (Å²) >= 11 is 0. The van der Waals surface area contributed by atoms with Crippen LogP contribution in [0.5, 0.6) is 23.0 Å². The third-order valence-corrected chi connectivity index (χ3v) is 4.74. The van der Waals surface area contributed by atoms with Crippen LogP contribution in [0.4, 0.5) is 5.69 Å². The molecule has 3 aromatic carbocycles. The molecule has 36 heavy (non-hydrogen) atoms. The normalized spacial score (nSPS) is 10.4. The lowest BCUT2D eigenvalue weighted by Crippen LogP contribution is -2.32. The fourth-order valence-corrected chi connectivity index (χ4v) is 2.99.